The number of amides is 1. The number of hydrogen-bond donors (Lipinski definition) is 3. The number of pyridine rings is 1. The topological polar surface area (TPSA) is 118 Å². The molecule has 1 amide bonds. The molecule has 8 nitrogen and oxygen atoms in total. The summed E-state index contributed by atoms with van der Waals surface area (Å²) in [6.45, 7) is -0.157. The number of carbonyl (C=O) groups is 2. The number of halogens is 1. The molecule has 176 valence electrons. The molecule has 0 saturated carbocycles. The Morgan fingerprint density at radius 3 is 2.32 bits per heavy atom. The first-order valence-electron chi connectivity index (χ1n) is 10.6. The van der Waals surface area contributed by atoms with Crippen LogP contribution in [0.2, 0.25) is 5.15 Å². The first kappa shape index (κ1) is 23.7. The van der Waals surface area contributed by atoms with Crippen LogP contribution in [0.3, 0.4) is 0 Å². The van der Waals surface area contributed by atoms with E-state index in [2.05, 4.69) is 15.0 Å². The van der Waals surface area contributed by atoms with E-state index in [-0.39, 0.29) is 35.3 Å². The number of ether oxygens (including phenoxy) is 2. The highest BCUT2D eigenvalue weighted by Crippen LogP contribution is 2.44. The van der Waals surface area contributed by atoms with E-state index in [4.69, 9.17) is 16.3 Å². The van der Waals surface area contributed by atoms with Crippen molar-refractivity contribution >= 4 is 23.7 Å². The average molecular weight is 483 g/mol. The van der Waals surface area contributed by atoms with Crippen LogP contribution in [0.15, 0.2) is 60.8 Å². The van der Waals surface area contributed by atoms with Gasteiger partial charge in [-0.15, -0.1) is 0 Å². The molecule has 0 aliphatic heterocycles. The summed E-state index contributed by atoms with van der Waals surface area (Å²) in [5.41, 5.74) is 4.51. The van der Waals surface area contributed by atoms with Crippen molar-refractivity contribution in [2.45, 2.75) is 18.1 Å². The van der Waals surface area contributed by atoms with Gasteiger partial charge in [0.2, 0.25) is 0 Å². The first-order valence-corrected chi connectivity index (χ1v) is 11.0. The predicted molar refractivity (Wildman–Crippen MR) is 125 cm³/mol. The van der Waals surface area contributed by atoms with Gasteiger partial charge >= 0.3 is 12.1 Å². The number of aromatic nitrogens is 1. The summed E-state index contributed by atoms with van der Waals surface area (Å²) in [6.07, 6.45) is -2.30. The summed E-state index contributed by atoms with van der Waals surface area (Å²) < 4.78 is 10.0. The number of esters is 1. The number of aliphatic hydroxyl groups excluding tert-OH is 2. The van der Waals surface area contributed by atoms with Crippen LogP contribution in [-0.4, -0.2) is 53.6 Å². The number of nitrogens with one attached hydrogen (secondary N) is 1. The molecule has 4 rings (SSSR count). The summed E-state index contributed by atoms with van der Waals surface area (Å²) in [5, 5.41) is 23.1. The number of aliphatic hydroxyl groups is 2. The second kappa shape index (κ2) is 10.2. The maximum atomic E-state index is 12.3. The molecule has 3 aromatic rings. The van der Waals surface area contributed by atoms with Crippen molar-refractivity contribution in [1.29, 1.82) is 0 Å². The van der Waals surface area contributed by atoms with Crippen molar-refractivity contribution in [2.75, 3.05) is 20.3 Å². The molecule has 1 aromatic heterocycles. The highest BCUT2D eigenvalue weighted by molar-refractivity contribution is 6.32. The number of hydrogen-bond acceptors (Lipinski definition) is 7. The molecule has 9 heteroatoms. The number of nitrogens with zero attached hydrogens (tertiary/aromatic N) is 1. The second-order valence-corrected chi connectivity index (χ2v) is 8.18. The molecular weight excluding hydrogens is 460 g/mol. The molecule has 0 fully saturated rings. The zero-order chi connectivity index (χ0) is 24.2. The minimum absolute atomic E-state index is 0.0441. The Labute approximate surface area is 201 Å². The lowest BCUT2D eigenvalue weighted by Crippen LogP contribution is -2.36. The van der Waals surface area contributed by atoms with Crippen LogP contribution in [0.25, 0.3) is 11.1 Å². The number of fused-ring (bicyclic) bond motifs is 3. The van der Waals surface area contributed by atoms with E-state index in [0.717, 1.165) is 22.3 Å². The van der Waals surface area contributed by atoms with Crippen LogP contribution < -0.4 is 5.32 Å². The lowest BCUT2D eigenvalue weighted by molar-refractivity contribution is 0.0182. The fourth-order valence-electron chi connectivity index (χ4n) is 4.05. The first-order chi connectivity index (χ1) is 16.4. The normalized spacial score (nSPS) is 14.0. The minimum atomic E-state index is -1.43. The van der Waals surface area contributed by atoms with Crippen LogP contribution in [0.4, 0.5) is 4.79 Å². The van der Waals surface area contributed by atoms with Gasteiger partial charge in [-0.1, -0.05) is 60.1 Å². The Hall–Kier alpha value is -3.46. The van der Waals surface area contributed by atoms with Crippen molar-refractivity contribution in [2.24, 2.45) is 0 Å². The SMILES string of the molecule is COC(=O)c1cc(C(O)C(O)CNC(=O)OCC2c3ccccc3-c3ccccc32)cnc1Cl. The Balaban J connectivity index is 1.35. The standard InChI is InChI=1S/C25H23ClN2O6/c1-33-24(31)19-10-14(11-27-23(19)26)22(30)21(29)12-28-25(32)34-13-20-17-8-4-2-6-15(17)16-7-3-5-9-18(16)20/h2-11,20-22,29-30H,12-13H2,1H3,(H,28,32). The smallest absolute Gasteiger partial charge is 0.407 e. The Kier molecular flexibility index (Phi) is 7.12. The van der Waals surface area contributed by atoms with Crippen LogP contribution in [0, 0.1) is 0 Å². The van der Waals surface area contributed by atoms with Gasteiger partial charge < -0.3 is 25.0 Å². The van der Waals surface area contributed by atoms with E-state index in [1.807, 2.05) is 48.5 Å². The van der Waals surface area contributed by atoms with Gasteiger partial charge in [-0.3, -0.25) is 0 Å². The van der Waals surface area contributed by atoms with Crippen LogP contribution >= 0.6 is 11.6 Å². The maximum Gasteiger partial charge on any atom is 0.407 e. The molecule has 0 saturated heterocycles. The average Bonchev–Trinajstić information content (AvgIpc) is 3.19. The fourth-order valence-corrected chi connectivity index (χ4v) is 4.23. The molecule has 34 heavy (non-hydrogen) atoms. The molecule has 0 bridgehead atoms. The zero-order valence-electron chi connectivity index (χ0n) is 18.3. The summed E-state index contributed by atoms with van der Waals surface area (Å²) >= 11 is 5.88. The Bertz CT molecular complexity index is 1170. The molecule has 1 heterocycles. The molecule has 0 spiro atoms. The van der Waals surface area contributed by atoms with Gasteiger partial charge in [0, 0.05) is 24.2 Å². The van der Waals surface area contributed by atoms with E-state index in [1.54, 1.807) is 0 Å². The highest BCUT2D eigenvalue weighted by atomic mass is 35.5. The van der Waals surface area contributed by atoms with Gasteiger partial charge in [-0.05, 0) is 28.3 Å². The molecule has 0 radical (unpaired) electrons. The molecule has 2 unspecified atom stereocenters. The van der Waals surface area contributed by atoms with Crippen LogP contribution in [0.5, 0.6) is 0 Å². The molecule has 3 N–H and O–H groups in total. The minimum Gasteiger partial charge on any atom is -0.465 e. The van der Waals surface area contributed by atoms with E-state index in [9.17, 15) is 19.8 Å². The molecule has 2 atom stereocenters. The van der Waals surface area contributed by atoms with Gasteiger partial charge in [0.1, 0.15) is 24.0 Å². The number of alkyl carbamates (subject to hydrolysis) is 1. The molecule has 2 aromatic carbocycles. The van der Waals surface area contributed by atoms with Crippen molar-refractivity contribution in [1.82, 2.24) is 10.3 Å². The van der Waals surface area contributed by atoms with E-state index in [0.29, 0.717) is 0 Å². The summed E-state index contributed by atoms with van der Waals surface area (Å²) in [5.74, 6) is -0.816. The summed E-state index contributed by atoms with van der Waals surface area (Å²) in [4.78, 5) is 27.9. The third kappa shape index (κ3) is 4.75. The number of methoxy groups -OCH3 is 1. The van der Waals surface area contributed by atoms with E-state index >= 15 is 0 Å². The highest BCUT2D eigenvalue weighted by Gasteiger charge is 2.29. The summed E-state index contributed by atoms with van der Waals surface area (Å²) in [6, 6.07) is 17.3. The fraction of sp³-hybridized carbons (Fsp3) is 0.240. The van der Waals surface area contributed by atoms with Gasteiger partial charge in [-0.25, -0.2) is 14.6 Å². The summed E-state index contributed by atoms with van der Waals surface area (Å²) in [7, 11) is 1.19. The van der Waals surface area contributed by atoms with Gasteiger partial charge in [0.15, 0.2) is 0 Å². The van der Waals surface area contributed by atoms with E-state index < -0.39 is 24.3 Å². The van der Waals surface area contributed by atoms with Crippen molar-refractivity contribution < 1.29 is 29.3 Å². The Morgan fingerprint density at radius 2 is 1.71 bits per heavy atom. The number of carbonyl (C=O) groups excluding carboxylic acids is 2. The molecular formula is C25H23ClN2O6. The zero-order valence-corrected chi connectivity index (χ0v) is 19.0. The quantitative estimate of drug-likeness (QED) is 0.348. The van der Waals surface area contributed by atoms with Crippen molar-refractivity contribution in [3.05, 3.63) is 88.2 Å². The Morgan fingerprint density at radius 1 is 1.09 bits per heavy atom. The molecule has 1 aliphatic carbocycles. The van der Waals surface area contributed by atoms with Gasteiger partial charge in [0.25, 0.3) is 0 Å². The van der Waals surface area contributed by atoms with Gasteiger partial charge in [-0.2, -0.15) is 0 Å². The maximum absolute atomic E-state index is 12.3. The number of rotatable bonds is 7. The van der Waals surface area contributed by atoms with Gasteiger partial charge in [0.05, 0.1) is 12.7 Å². The largest absolute Gasteiger partial charge is 0.465 e. The number of benzene rings is 2. The molecule has 1 aliphatic rings. The van der Waals surface area contributed by atoms with Crippen LogP contribution in [-0.2, 0) is 9.47 Å². The van der Waals surface area contributed by atoms with Crippen LogP contribution in [0.1, 0.15) is 39.1 Å². The van der Waals surface area contributed by atoms with Crippen molar-refractivity contribution in [3.63, 3.8) is 0 Å². The monoisotopic (exact) mass is 482 g/mol. The lowest BCUT2D eigenvalue weighted by atomic mass is 9.98. The lowest BCUT2D eigenvalue weighted by Gasteiger charge is -2.19. The van der Waals surface area contributed by atoms with Crippen molar-refractivity contribution in [3.8, 4) is 11.1 Å². The second-order valence-electron chi connectivity index (χ2n) is 7.82. The third-order valence-corrected chi connectivity index (χ3v) is 6.07. The third-order valence-electron chi connectivity index (χ3n) is 5.77. The predicted octanol–water partition coefficient (Wildman–Crippen LogP) is 3.45. The van der Waals surface area contributed by atoms with E-state index in [1.165, 1.54) is 19.4 Å².